The topological polar surface area (TPSA) is 62.5 Å². The van der Waals surface area contributed by atoms with Crippen LogP contribution in [0.5, 0.6) is 0 Å². The number of nitrogens with zero attached hydrogens (tertiary/aromatic N) is 4. The van der Waals surface area contributed by atoms with E-state index in [1.165, 1.54) is 43.2 Å². The molecule has 0 fully saturated rings. The van der Waals surface area contributed by atoms with Crippen LogP contribution in [0.1, 0.15) is 27.8 Å². The Labute approximate surface area is 341 Å². The van der Waals surface area contributed by atoms with E-state index in [-0.39, 0.29) is 0 Å². The van der Waals surface area contributed by atoms with Gasteiger partial charge in [0.05, 0.1) is 17.0 Å². The fourth-order valence-corrected chi connectivity index (χ4v) is 9.92. The second-order valence-corrected chi connectivity index (χ2v) is 15.8. The summed E-state index contributed by atoms with van der Waals surface area (Å²) >= 11 is 1.83. The van der Waals surface area contributed by atoms with Gasteiger partial charge in [-0.3, -0.25) is 0 Å². The first-order valence-electron chi connectivity index (χ1n) is 19.3. The van der Waals surface area contributed by atoms with Gasteiger partial charge in [-0.1, -0.05) is 169 Å². The first-order valence-corrected chi connectivity index (χ1v) is 20.1. The standard InChI is InChI=1S/C53H32N4S/c54-33-34-19-21-35(22-20-34)36-23-25-37(26-24-36)40-27-29-43-42-15-7-8-16-44(42)53(46(43)31-40)45-17-9-10-18-48(45)58-49-30-28-41(32-47(49)53)52-56-50(38-11-3-1-4-12-38)55-51(57-52)39-13-5-2-6-14-39/h1-32H. The van der Waals surface area contributed by atoms with Crippen molar-refractivity contribution in [1.29, 1.82) is 5.26 Å². The van der Waals surface area contributed by atoms with Crippen molar-refractivity contribution in [2.45, 2.75) is 15.2 Å². The fraction of sp³-hybridized carbons (Fsp3) is 0.0189. The molecule has 5 heteroatoms. The van der Waals surface area contributed by atoms with Gasteiger partial charge in [-0.2, -0.15) is 5.26 Å². The van der Waals surface area contributed by atoms with Crippen LogP contribution in [0, 0.1) is 11.3 Å². The number of nitriles is 1. The summed E-state index contributed by atoms with van der Waals surface area (Å²) in [4.78, 5) is 17.7. The molecule has 0 saturated heterocycles. The molecule has 1 aromatic heterocycles. The highest BCUT2D eigenvalue weighted by molar-refractivity contribution is 7.99. The molecule has 2 aliphatic rings. The van der Waals surface area contributed by atoms with Gasteiger partial charge in [0.1, 0.15) is 0 Å². The molecule has 8 aromatic carbocycles. The normalized spacial score (nSPS) is 14.5. The molecular weight excluding hydrogens is 725 g/mol. The molecule has 11 rings (SSSR count). The molecule has 0 bridgehead atoms. The molecule has 4 nitrogen and oxygen atoms in total. The van der Waals surface area contributed by atoms with Crippen LogP contribution in [0.4, 0.5) is 0 Å². The summed E-state index contributed by atoms with van der Waals surface area (Å²) in [5.74, 6) is 1.92. The van der Waals surface area contributed by atoms with E-state index in [1.807, 2.05) is 96.7 Å². The molecule has 1 aliphatic heterocycles. The summed E-state index contributed by atoms with van der Waals surface area (Å²) in [6.45, 7) is 0. The van der Waals surface area contributed by atoms with Crippen molar-refractivity contribution in [3.05, 3.63) is 222 Å². The van der Waals surface area contributed by atoms with Crippen molar-refractivity contribution >= 4 is 11.8 Å². The third-order valence-corrected chi connectivity index (χ3v) is 12.6. The molecule has 0 radical (unpaired) electrons. The average molecular weight is 757 g/mol. The Balaban J connectivity index is 1.11. The Bertz CT molecular complexity index is 3020. The Hall–Kier alpha value is -7.39. The predicted octanol–water partition coefficient (Wildman–Crippen LogP) is 12.9. The molecule has 0 amide bonds. The van der Waals surface area contributed by atoms with Crippen molar-refractivity contribution in [3.8, 4) is 73.6 Å². The average Bonchev–Trinajstić information content (AvgIpc) is 3.59. The van der Waals surface area contributed by atoms with E-state index in [2.05, 4.69) is 115 Å². The maximum absolute atomic E-state index is 9.29. The number of hydrogen-bond donors (Lipinski definition) is 0. The Morgan fingerprint density at radius 3 is 1.48 bits per heavy atom. The third-order valence-electron chi connectivity index (χ3n) is 11.5. The summed E-state index contributed by atoms with van der Waals surface area (Å²) in [5, 5.41) is 9.29. The van der Waals surface area contributed by atoms with Crippen LogP contribution >= 0.6 is 11.8 Å². The smallest absolute Gasteiger partial charge is 0.164 e. The quantitative estimate of drug-likeness (QED) is 0.175. The Morgan fingerprint density at radius 1 is 0.362 bits per heavy atom. The van der Waals surface area contributed by atoms with Crippen LogP contribution in [0.3, 0.4) is 0 Å². The number of rotatable bonds is 5. The van der Waals surface area contributed by atoms with Crippen LogP contribution in [-0.2, 0) is 5.41 Å². The van der Waals surface area contributed by atoms with Gasteiger partial charge >= 0.3 is 0 Å². The van der Waals surface area contributed by atoms with Crippen LogP contribution in [0.25, 0.3) is 67.5 Å². The molecule has 58 heavy (non-hydrogen) atoms. The maximum Gasteiger partial charge on any atom is 0.164 e. The number of hydrogen-bond acceptors (Lipinski definition) is 5. The van der Waals surface area contributed by atoms with Gasteiger partial charge < -0.3 is 0 Å². The number of aromatic nitrogens is 3. The number of benzene rings is 8. The Kier molecular flexibility index (Phi) is 7.99. The minimum Gasteiger partial charge on any atom is -0.208 e. The lowest BCUT2D eigenvalue weighted by Crippen LogP contribution is -2.32. The van der Waals surface area contributed by atoms with Gasteiger partial charge in [0.15, 0.2) is 17.5 Å². The van der Waals surface area contributed by atoms with Gasteiger partial charge in [0.25, 0.3) is 0 Å². The lowest BCUT2D eigenvalue weighted by Gasteiger charge is -2.40. The van der Waals surface area contributed by atoms with E-state index in [0.717, 1.165) is 38.9 Å². The summed E-state index contributed by atoms with van der Waals surface area (Å²) < 4.78 is 0. The third kappa shape index (κ3) is 5.42. The second kappa shape index (κ2) is 13.7. The molecule has 1 spiro atoms. The van der Waals surface area contributed by atoms with Crippen molar-refractivity contribution in [1.82, 2.24) is 15.0 Å². The van der Waals surface area contributed by atoms with Crippen molar-refractivity contribution in [2.75, 3.05) is 0 Å². The van der Waals surface area contributed by atoms with Gasteiger partial charge in [0.2, 0.25) is 0 Å². The van der Waals surface area contributed by atoms with E-state index in [0.29, 0.717) is 23.0 Å². The number of fused-ring (bicyclic) bond motifs is 9. The lowest BCUT2D eigenvalue weighted by atomic mass is 9.67. The van der Waals surface area contributed by atoms with Crippen LogP contribution < -0.4 is 0 Å². The highest BCUT2D eigenvalue weighted by Gasteiger charge is 2.50. The minimum absolute atomic E-state index is 0.588. The summed E-state index contributed by atoms with van der Waals surface area (Å²) in [6, 6.07) is 70.6. The molecule has 9 aromatic rings. The second-order valence-electron chi connectivity index (χ2n) is 14.7. The van der Waals surface area contributed by atoms with Crippen LogP contribution in [-0.4, -0.2) is 15.0 Å². The van der Waals surface area contributed by atoms with E-state index in [4.69, 9.17) is 15.0 Å². The molecule has 1 aliphatic carbocycles. The van der Waals surface area contributed by atoms with E-state index in [9.17, 15) is 5.26 Å². The van der Waals surface area contributed by atoms with Gasteiger partial charge in [-0.05, 0) is 92.0 Å². The van der Waals surface area contributed by atoms with Gasteiger partial charge in [-0.25, -0.2) is 15.0 Å². The van der Waals surface area contributed by atoms with E-state index >= 15 is 0 Å². The summed E-state index contributed by atoms with van der Waals surface area (Å²) in [6.07, 6.45) is 0. The first kappa shape index (κ1) is 33.9. The van der Waals surface area contributed by atoms with E-state index < -0.39 is 5.41 Å². The van der Waals surface area contributed by atoms with Gasteiger partial charge in [-0.15, -0.1) is 0 Å². The molecule has 0 saturated carbocycles. The predicted molar refractivity (Wildman–Crippen MR) is 233 cm³/mol. The zero-order chi connectivity index (χ0) is 38.6. The van der Waals surface area contributed by atoms with Crippen molar-refractivity contribution in [2.24, 2.45) is 0 Å². The monoisotopic (exact) mass is 756 g/mol. The fourth-order valence-electron chi connectivity index (χ4n) is 8.75. The lowest BCUT2D eigenvalue weighted by molar-refractivity contribution is 0.723. The zero-order valence-electron chi connectivity index (χ0n) is 31.2. The molecule has 270 valence electrons. The van der Waals surface area contributed by atoms with Gasteiger partial charge in [0, 0.05) is 26.5 Å². The highest BCUT2D eigenvalue weighted by Crippen LogP contribution is 2.62. The summed E-state index contributed by atoms with van der Waals surface area (Å²) in [5.41, 5.74) is 14.9. The first-order chi connectivity index (χ1) is 28.7. The SMILES string of the molecule is N#Cc1ccc(-c2ccc(-c3ccc4c(c3)C3(c5ccccc5Sc5ccc(-c6nc(-c7ccccc7)nc(-c7ccccc7)n6)cc53)c3ccccc3-4)cc2)cc1. The van der Waals surface area contributed by atoms with Crippen molar-refractivity contribution in [3.63, 3.8) is 0 Å². The largest absolute Gasteiger partial charge is 0.208 e. The zero-order valence-corrected chi connectivity index (χ0v) is 32.0. The molecule has 1 unspecified atom stereocenters. The molecule has 0 N–H and O–H groups in total. The van der Waals surface area contributed by atoms with Crippen LogP contribution in [0.2, 0.25) is 0 Å². The minimum atomic E-state index is -0.588. The molecular formula is C53H32N4S. The highest BCUT2D eigenvalue weighted by atomic mass is 32.2. The Morgan fingerprint density at radius 2 is 0.828 bits per heavy atom. The van der Waals surface area contributed by atoms with Crippen molar-refractivity contribution < 1.29 is 0 Å². The molecule has 2 heterocycles. The molecule has 1 atom stereocenters. The van der Waals surface area contributed by atoms with Crippen LogP contribution in [0.15, 0.2) is 204 Å². The van der Waals surface area contributed by atoms with E-state index in [1.54, 1.807) is 0 Å². The summed E-state index contributed by atoms with van der Waals surface area (Å²) in [7, 11) is 0. The maximum atomic E-state index is 9.29.